The molecule has 31 heavy (non-hydrogen) atoms. The number of rotatable bonds is 7. The standard InChI is InChI=1S/C23H27ClN2O5/c1-29-20-12-17(23(28)31-3)19(13-21(20)30-2)25-22(27)15-8-10-26(11-9-15)14-16-6-4-5-7-18(16)24/h4-7,12-13,15H,8-11,14H2,1-3H3,(H,25,27). The number of anilines is 1. The minimum absolute atomic E-state index is 0.130. The molecule has 3 rings (SSSR count). The summed E-state index contributed by atoms with van der Waals surface area (Å²) in [6.07, 6.45) is 1.44. The molecule has 0 radical (unpaired) electrons. The Kier molecular flexibility index (Phi) is 7.76. The van der Waals surface area contributed by atoms with E-state index in [1.54, 1.807) is 6.07 Å². The number of likely N-dealkylation sites (tertiary alicyclic amines) is 1. The van der Waals surface area contributed by atoms with Crippen LogP contribution in [0.3, 0.4) is 0 Å². The Morgan fingerprint density at radius 1 is 1.06 bits per heavy atom. The van der Waals surface area contributed by atoms with Gasteiger partial charge >= 0.3 is 5.97 Å². The molecule has 166 valence electrons. The van der Waals surface area contributed by atoms with Crippen LogP contribution in [0.15, 0.2) is 36.4 Å². The Bertz CT molecular complexity index is 942. The Morgan fingerprint density at radius 2 is 1.71 bits per heavy atom. The maximum Gasteiger partial charge on any atom is 0.340 e. The molecule has 2 aromatic carbocycles. The number of nitrogens with one attached hydrogen (secondary N) is 1. The fourth-order valence-electron chi connectivity index (χ4n) is 3.72. The lowest BCUT2D eigenvalue weighted by molar-refractivity contribution is -0.121. The third-order valence-corrected chi connectivity index (χ3v) is 5.87. The molecule has 0 spiro atoms. The summed E-state index contributed by atoms with van der Waals surface area (Å²) in [5.74, 6) is -0.0459. The molecule has 1 aliphatic rings. The van der Waals surface area contributed by atoms with Gasteiger partial charge in [-0.15, -0.1) is 0 Å². The van der Waals surface area contributed by atoms with E-state index < -0.39 is 5.97 Å². The monoisotopic (exact) mass is 446 g/mol. The van der Waals surface area contributed by atoms with Crippen LogP contribution >= 0.6 is 11.6 Å². The lowest BCUT2D eigenvalue weighted by Gasteiger charge is -2.31. The third-order valence-electron chi connectivity index (χ3n) is 5.50. The highest BCUT2D eigenvalue weighted by atomic mass is 35.5. The van der Waals surface area contributed by atoms with Crippen molar-refractivity contribution < 1.29 is 23.8 Å². The summed E-state index contributed by atoms with van der Waals surface area (Å²) in [6.45, 7) is 2.34. The largest absolute Gasteiger partial charge is 0.493 e. The van der Waals surface area contributed by atoms with Crippen molar-refractivity contribution in [2.45, 2.75) is 19.4 Å². The van der Waals surface area contributed by atoms with Crippen LogP contribution in [0.25, 0.3) is 0 Å². The molecule has 8 heteroatoms. The van der Waals surface area contributed by atoms with E-state index in [0.29, 0.717) is 17.2 Å². The van der Waals surface area contributed by atoms with Gasteiger partial charge in [-0.1, -0.05) is 29.8 Å². The lowest BCUT2D eigenvalue weighted by atomic mass is 9.95. The second kappa shape index (κ2) is 10.5. The van der Waals surface area contributed by atoms with Crippen LogP contribution in [0, 0.1) is 5.92 Å². The number of nitrogens with zero attached hydrogens (tertiary/aromatic N) is 1. The smallest absolute Gasteiger partial charge is 0.340 e. The highest BCUT2D eigenvalue weighted by Gasteiger charge is 2.27. The van der Waals surface area contributed by atoms with Gasteiger partial charge in [-0.3, -0.25) is 9.69 Å². The number of esters is 1. The Balaban J connectivity index is 1.67. The van der Waals surface area contributed by atoms with Crippen LogP contribution in [-0.2, 0) is 16.1 Å². The molecular weight excluding hydrogens is 420 g/mol. The predicted molar refractivity (Wildman–Crippen MR) is 119 cm³/mol. The third kappa shape index (κ3) is 5.48. The summed E-state index contributed by atoms with van der Waals surface area (Å²) < 4.78 is 15.4. The van der Waals surface area contributed by atoms with E-state index in [-0.39, 0.29) is 17.4 Å². The van der Waals surface area contributed by atoms with Crippen molar-refractivity contribution in [1.29, 1.82) is 0 Å². The number of hydrogen-bond donors (Lipinski definition) is 1. The van der Waals surface area contributed by atoms with Gasteiger partial charge in [-0.25, -0.2) is 4.79 Å². The topological polar surface area (TPSA) is 77.1 Å². The first-order chi connectivity index (χ1) is 15.0. The maximum atomic E-state index is 12.9. The van der Waals surface area contributed by atoms with Gasteiger partial charge < -0.3 is 19.5 Å². The predicted octanol–water partition coefficient (Wildman–Crippen LogP) is 3.99. The van der Waals surface area contributed by atoms with Crippen LogP contribution in [0.2, 0.25) is 5.02 Å². The summed E-state index contributed by atoms with van der Waals surface area (Å²) in [6, 6.07) is 10.9. The highest BCUT2D eigenvalue weighted by Crippen LogP contribution is 2.34. The Labute approximate surface area is 187 Å². The van der Waals surface area contributed by atoms with Crippen molar-refractivity contribution in [3.8, 4) is 11.5 Å². The zero-order valence-electron chi connectivity index (χ0n) is 17.9. The SMILES string of the molecule is COC(=O)c1cc(OC)c(OC)cc1NC(=O)C1CCN(Cc2ccccc2Cl)CC1. The van der Waals surface area contributed by atoms with E-state index in [0.717, 1.165) is 43.1 Å². The first-order valence-corrected chi connectivity index (χ1v) is 10.5. The molecule has 0 aromatic heterocycles. The summed E-state index contributed by atoms with van der Waals surface area (Å²) in [5, 5.41) is 3.64. The number of piperidine rings is 1. The van der Waals surface area contributed by atoms with Crippen molar-refractivity contribution in [2.24, 2.45) is 5.92 Å². The van der Waals surface area contributed by atoms with Crippen molar-refractivity contribution in [1.82, 2.24) is 4.90 Å². The van der Waals surface area contributed by atoms with Gasteiger partial charge in [0.2, 0.25) is 5.91 Å². The van der Waals surface area contributed by atoms with E-state index >= 15 is 0 Å². The van der Waals surface area contributed by atoms with Gasteiger partial charge in [0.15, 0.2) is 11.5 Å². The molecule has 1 amide bonds. The second-order valence-electron chi connectivity index (χ2n) is 7.38. The first-order valence-electron chi connectivity index (χ1n) is 10.1. The van der Waals surface area contributed by atoms with Gasteiger partial charge in [0.25, 0.3) is 0 Å². The van der Waals surface area contributed by atoms with Gasteiger partial charge in [-0.2, -0.15) is 0 Å². The number of amides is 1. The number of benzene rings is 2. The minimum atomic E-state index is -0.564. The fraction of sp³-hybridized carbons (Fsp3) is 0.391. The molecule has 2 aromatic rings. The van der Waals surface area contributed by atoms with E-state index in [1.165, 1.54) is 27.4 Å². The summed E-state index contributed by atoms with van der Waals surface area (Å²) >= 11 is 6.26. The van der Waals surface area contributed by atoms with Crippen molar-refractivity contribution in [3.63, 3.8) is 0 Å². The number of methoxy groups -OCH3 is 3. The number of halogens is 1. The van der Waals surface area contributed by atoms with E-state index in [4.69, 9.17) is 25.8 Å². The van der Waals surface area contributed by atoms with Crippen molar-refractivity contribution >= 4 is 29.2 Å². The first kappa shape index (κ1) is 22.9. The lowest BCUT2D eigenvalue weighted by Crippen LogP contribution is -2.38. The van der Waals surface area contributed by atoms with Gasteiger partial charge in [-0.05, 0) is 37.6 Å². The molecule has 0 atom stereocenters. The highest BCUT2D eigenvalue weighted by molar-refractivity contribution is 6.31. The summed E-state index contributed by atoms with van der Waals surface area (Å²) in [5.41, 5.74) is 1.64. The molecule has 0 aliphatic carbocycles. The summed E-state index contributed by atoms with van der Waals surface area (Å²) in [4.78, 5) is 27.4. The Morgan fingerprint density at radius 3 is 2.32 bits per heavy atom. The van der Waals surface area contributed by atoms with Crippen molar-refractivity contribution in [2.75, 3.05) is 39.7 Å². The zero-order valence-corrected chi connectivity index (χ0v) is 18.7. The number of hydrogen-bond acceptors (Lipinski definition) is 6. The average Bonchev–Trinajstić information content (AvgIpc) is 2.80. The quantitative estimate of drug-likeness (QED) is 0.648. The van der Waals surface area contributed by atoms with Gasteiger partial charge in [0.05, 0.1) is 32.6 Å². The number of ether oxygens (including phenoxy) is 3. The maximum absolute atomic E-state index is 12.9. The number of carbonyl (C=O) groups is 2. The van der Waals surface area contributed by atoms with Crippen LogP contribution < -0.4 is 14.8 Å². The molecule has 1 fully saturated rings. The molecule has 1 N–H and O–H groups in total. The summed E-state index contributed by atoms with van der Waals surface area (Å²) in [7, 11) is 4.27. The van der Waals surface area contributed by atoms with Gasteiger partial charge in [0, 0.05) is 29.6 Å². The van der Waals surface area contributed by atoms with E-state index in [9.17, 15) is 9.59 Å². The van der Waals surface area contributed by atoms with E-state index in [2.05, 4.69) is 10.2 Å². The molecule has 0 unspecified atom stereocenters. The molecule has 0 saturated carbocycles. The molecule has 1 saturated heterocycles. The number of carbonyl (C=O) groups excluding carboxylic acids is 2. The van der Waals surface area contributed by atoms with E-state index in [1.807, 2.05) is 24.3 Å². The Hall–Kier alpha value is -2.77. The molecule has 1 heterocycles. The van der Waals surface area contributed by atoms with Crippen molar-refractivity contribution in [3.05, 3.63) is 52.5 Å². The molecule has 1 aliphatic heterocycles. The second-order valence-corrected chi connectivity index (χ2v) is 7.78. The normalized spacial score (nSPS) is 14.7. The average molecular weight is 447 g/mol. The van der Waals surface area contributed by atoms with Crippen LogP contribution in [0.4, 0.5) is 5.69 Å². The van der Waals surface area contributed by atoms with Crippen LogP contribution in [0.5, 0.6) is 11.5 Å². The fourth-order valence-corrected chi connectivity index (χ4v) is 3.91. The van der Waals surface area contributed by atoms with Crippen LogP contribution in [0.1, 0.15) is 28.8 Å². The molecule has 7 nitrogen and oxygen atoms in total. The molecule has 0 bridgehead atoms. The van der Waals surface area contributed by atoms with Gasteiger partial charge in [0.1, 0.15) is 0 Å². The molecular formula is C23H27ClN2O5. The van der Waals surface area contributed by atoms with Crippen LogP contribution in [-0.4, -0.2) is 51.2 Å². The zero-order chi connectivity index (χ0) is 22.4. The minimum Gasteiger partial charge on any atom is -0.493 e.